The second-order valence-electron chi connectivity index (χ2n) is 4.23. The number of nitro groups is 1. The molecule has 2 aromatic carbocycles. The van der Waals surface area contributed by atoms with Gasteiger partial charge in [0.1, 0.15) is 12.4 Å². The SMILES string of the molecule is O=[N+]([O-])c1ccc(OCc2ccc(Br)cc2Cl)c(CO)c1. The molecule has 21 heavy (non-hydrogen) atoms. The predicted octanol–water partition coefficient (Wildman–Crippen LogP) is 4.08. The summed E-state index contributed by atoms with van der Waals surface area (Å²) < 4.78 is 6.45. The lowest BCUT2D eigenvalue weighted by Gasteiger charge is -2.11. The fraction of sp³-hybridized carbons (Fsp3) is 0.143. The van der Waals surface area contributed by atoms with Crippen LogP contribution in [0.1, 0.15) is 11.1 Å². The molecule has 0 saturated carbocycles. The molecule has 7 heteroatoms. The molecule has 5 nitrogen and oxygen atoms in total. The van der Waals surface area contributed by atoms with Gasteiger partial charge in [-0.3, -0.25) is 10.1 Å². The number of benzene rings is 2. The first kappa shape index (κ1) is 15.8. The maximum atomic E-state index is 10.7. The van der Waals surface area contributed by atoms with Crippen LogP contribution in [0.15, 0.2) is 40.9 Å². The molecule has 0 unspecified atom stereocenters. The Kier molecular flexibility index (Phi) is 5.17. The molecule has 0 bridgehead atoms. The van der Waals surface area contributed by atoms with Crippen molar-refractivity contribution in [1.82, 2.24) is 0 Å². The van der Waals surface area contributed by atoms with E-state index in [0.29, 0.717) is 16.3 Å². The summed E-state index contributed by atoms with van der Waals surface area (Å²) in [5.41, 5.74) is 1.05. The fourth-order valence-electron chi connectivity index (χ4n) is 1.74. The van der Waals surface area contributed by atoms with Crippen LogP contribution in [-0.4, -0.2) is 10.0 Å². The summed E-state index contributed by atoms with van der Waals surface area (Å²) in [6.07, 6.45) is 0. The summed E-state index contributed by atoms with van der Waals surface area (Å²) in [4.78, 5) is 10.2. The summed E-state index contributed by atoms with van der Waals surface area (Å²) in [5.74, 6) is 0.391. The van der Waals surface area contributed by atoms with E-state index >= 15 is 0 Å². The van der Waals surface area contributed by atoms with Gasteiger partial charge in [-0.05, 0) is 18.2 Å². The van der Waals surface area contributed by atoms with Gasteiger partial charge in [-0.1, -0.05) is 33.6 Å². The first-order valence-electron chi connectivity index (χ1n) is 5.96. The highest BCUT2D eigenvalue weighted by Crippen LogP contribution is 2.27. The highest BCUT2D eigenvalue weighted by molar-refractivity contribution is 9.10. The van der Waals surface area contributed by atoms with Crippen LogP contribution in [0.2, 0.25) is 5.02 Å². The van der Waals surface area contributed by atoms with Crippen molar-refractivity contribution in [1.29, 1.82) is 0 Å². The second-order valence-corrected chi connectivity index (χ2v) is 5.55. The van der Waals surface area contributed by atoms with E-state index in [2.05, 4.69) is 15.9 Å². The number of ether oxygens (including phenoxy) is 1. The zero-order valence-electron chi connectivity index (χ0n) is 10.8. The number of hydrogen-bond donors (Lipinski definition) is 1. The van der Waals surface area contributed by atoms with Crippen LogP contribution in [0.5, 0.6) is 5.75 Å². The van der Waals surface area contributed by atoms with Crippen LogP contribution in [-0.2, 0) is 13.2 Å². The van der Waals surface area contributed by atoms with Crippen LogP contribution >= 0.6 is 27.5 Å². The van der Waals surface area contributed by atoms with Gasteiger partial charge in [0.2, 0.25) is 0 Å². The maximum Gasteiger partial charge on any atom is 0.270 e. The van der Waals surface area contributed by atoms with Crippen molar-refractivity contribution in [2.24, 2.45) is 0 Å². The molecule has 0 radical (unpaired) electrons. The van der Waals surface area contributed by atoms with Gasteiger partial charge in [-0.15, -0.1) is 0 Å². The Morgan fingerprint density at radius 2 is 2.00 bits per heavy atom. The first-order chi connectivity index (χ1) is 10.0. The molecule has 110 valence electrons. The van der Waals surface area contributed by atoms with Crippen molar-refractivity contribution in [3.05, 3.63) is 67.1 Å². The van der Waals surface area contributed by atoms with Crippen molar-refractivity contribution in [2.45, 2.75) is 13.2 Å². The third kappa shape index (κ3) is 3.93. The Morgan fingerprint density at radius 3 is 2.62 bits per heavy atom. The van der Waals surface area contributed by atoms with E-state index in [4.69, 9.17) is 16.3 Å². The minimum Gasteiger partial charge on any atom is -0.488 e. The molecule has 0 saturated heterocycles. The van der Waals surface area contributed by atoms with Crippen LogP contribution < -0.4 is 4.74 Å². The number of rotatable bonds is 5. The highest BCUT2D eigenvalue weighted by Gasteiger charge is 2.12. The van der Waals surface area contributed by atoms with Gasteiger partial charge in [-0.25, -0.2) is 0 Å². The van der Waals surface area contributed by atoms with E-state index in [-0.39, 0.29) is 18.9 Å². The van der Waals surface area contributed by atoms with Crippen molar-refractivity contribution >= 4 is 33.2 Å². The van der Waals surface area contributed by atoms with Crippen molar-refractivity contribution < 1.29 is 14.8 Å². The summed E-state index contributed by atoms with van der Waals surface area (Å²) in [6, 6.07) is 9.50. The Morgan fingerprint density at radius 1 is 1.24 bits per heavy atom. The van der Waals surface area contributed by atoms with E-state index in [0.717, 1.165) is 10.0 Å². The summed E-state index contributed by atoms with van der Waals surface area (Å²) >= 11 is 9.40. The molecule has 0 aliphatic carbocycles. The van der Waals surface area contributed by atoms with Crippen LogP contribution in [0.3, 0.4) is 0 Å². The quantitative estimate of drug-likeness (QED) is 0.634. The van der Waals surface area contributed by atoms with Crippen molar-refractivity contribution in [3.8, 4) is 5.75 Å². The molecule has 0 aliphatic heterocycles. The number of halogens is 2. The van der Waals surface area contributed by atoms with Gasteiger partial charge in [0, 0.05) is 32.8 Å². The average molecular weight is 373 g/mol. The highest BCUT2D eigenvalue weighted by atomic mass is 79.9. The van der Waals surface area contributed by atoms with Crippen LogP contribution in [0.4, 0.5) is 5.69 Å². The number of hydrogen-bond acceptors (Lipinski definition) is 4. The maximum absolute atomic E-state index is 10.7. The molecule has 2 aromatic rings. The smallest absolute Gasteiger partial charge is 0.270 e. The minimum absolute atomic E-state index is 0.0897. The van der Waals surface area contributed by atoms with Crippen LogP contribution in [0, 0.1) is 10.1 Å². The monoisotopic (exact) mass is 371 g/mol. The lowest BCUT2D eigenvalue weighted by atomic mass is 10.2. The number of nitro benzene ring substituents is 1. The Bertz CT molecular complexity index is 678. The van der Waals surface area contributed by atoms with Gasteiger partial charge in [-0.2, -0.15) is 0 Å². The normalized spacial score (nSPS) is 10.4. The average Bonchev–Trinajstić information content (AvgIpc) is 2.46. The Hall–Kier alpha value is -1.63. The number of nitrogens with zero attached hydrogens (tertiary/aromatic N) is 1. The molecule has 0 atom stereocenters. The lowest BCUT2D eigenvalue weighted by molar-refractivity contribution is -0.385. The predicted molar refractivity (Wildman–Crippen MR) is 82.5 cm³/mol. The topological polar surface area (TPSA) is 72.6 Å². The lowest BCUT2D eigenvalue weighted by Crippen LogP contribution is -2.00. The molecule has 2 rings (SSSR count). The molecule has 0 amide bonds. The third-order valence-electron chi connectivity index (χ3n) is 2.82. The summed E-state index contributed by atoms with van der Waals surface area (Å²) in [6.45, 7) is -0.137. The van der Waals surface area contributed by atoms with E-state index in [1.165, 1.54) is 18.2 Å². The van der Waals surface area contributed by atoms with Gasteiger partial charge in [0.15, 0.2) is 0 Å². The van der Waals surface area contributed by atoms with E-state index < -0.39 is 4.92 Å². The molecule has 0 heterocycles. The van der Waals surface area contributed by atoms with Crippen molar-refractivity contribution in [3.63, 3.8) is 0 Å². The number of aliphatic hydroxyl groups excluding tert-OH is 1. The standard InChI is InChI=1S/C14H11BrClNO4/c15-11-2-1-9(13(16)6-11)8-21-14-4-3-12(17(19)20)5-10(14)7-18/h1-6,18H,7-8H2. The Balaban J connectivity index is 2.17. The van der Waals surface area contributed by atoms with E-state index in [1.807, 2.05) is 12.1 Å². The molecular formula is C14H11BrClNO4. The number of aliphatic hydroxyl groups is 1. The fourth-order valence-corrected chi connectivity index (χ4v) is 2.47. The number of non-ortho nitro benzene ring substituents is 1. The van der Waals surface area contributed by atoms with Crippen molar-refractivity contribution in [2.75, 3.05) is 0 Å². The zero-order valence-corrected chi connectivity index (χ0v) is 13.1. The largest absolute Gasteiger partial charge is 0.488 e. The zero-order chi connectivity index (χ0) is 15.4. The minimum atomic E-state index is -0.519. The first-order valence-corrected chi connectivity index (χ1v) is 7.13. The molecule has 0 aliphatic rings. The van der Waals surface area contributed by atoms with Crippen LogP contribution in [0.25, 0.3) is 0 Å². The molecular weight excluding hydrogens is 362 g/mol. The van der Waals surface area contributed by atoms with E-state index in [9.17, 15) is 15.2 Å². The third-order valence-corrected chi connectivity index (χ3v) is 3.67. The Labute approximate surface area is 134 Å². The van der Waals surface area contributed by atoms with Gasteiger partial charge < -0.3 is 9.84 Å². The van der Waals surface area contributed by atoms with Gasteiger partial charge >= 0.3 is 0 Å². The summed E-state index contributed by atoms with van der Waals surface area (Å²) in [7, 11) is 0. The molecule has 0 spiro atoms. The second kappa shape index (κ2) is 6.89. The molecule has 1 N–H and O–H groups in total. The molecule has 0 aromatic heterocycles. The summed E-state index contributed by atoms with van der Waals surface area (Å²) in [5, 5.41) is 20.5. The van der Waals surface area contributed by atoms with Gasteiger partial charge in [0.05, 0.1) is 11.5 Å². The van der Waals surface area contributed by atoms with E-state index in [1.54, 1.807) is 6.07 Å². The van der Waals surface area contributed by atoms with Gasteiger partial charge in [0.25, 0.3) is 5.69 Å². The molecule has 0 fully saturated rings.